The number of nitrogens with two attached hydrogens (primary N) is 1. The van der Waals surface area contributed by atoms with Crippen LogP contribution < -0.4 is 15.8 Å². The largest absolute Gasteiger partial charge is 0.476 e. The van der Waals surface area contributed by atoms with E-state index < -0.39 is 0 Å². The van der Waals surface area contributed by atoms with Crippen molar-refractivity contribution in [3.63, 3.8) is 0 Å². The van der Waals surface area contributed by atoms with Gasteiger partial charge in [-0.25, -0.2) is 0 Å². The second-order valence-corrected chi connectivity index (χ2v) is 4.53. The van der Waals surface area contributed by atoms with Crippen molar-refractivity contribution in [2.75, 3.05) is 24.3 Å². The van der Waals surface area contributed by atoms with Crippen molar-refractivity contribution in [2.45, 2.75) is 33.2 Å². The highest BCUT2D eigenvalue weighted by Gasteiger charge is 2.14. The van der Waals surface area contributed by atoms with Crippen LogP contribution in [0.25, 0.3) is 0 Å². The fourth-order valence-electron chi connectivity index (χ4n) is 1.69. The molecule has 1 atom stereocenters. The molecule has 0 saturated carbocycles. The first-order chi connectivity index (χ1) is 8.58. The fraction of sp³-hybridized carbons (Fsp3) is 0.615. The summed E-state index contributed by atoms with van der Waals surface area (Å²) in [6, 6.07) is 3.78. The summed E-state index contributed by atoms with van der Waals surface area (Å²) in [6.07, 6.45) is 0.688. The summed E-state index contributed by atoms with van der Waals surface area (Å²) in [5.41, 5.74) is 6.30. The molecule has 0 radical (unpaired) electrons. The molecule has 0 aliphatic rings. The fourth-order valence-corrected chi connectivity index (χ4v) is 1.69. The Kier molecular flexibility index (Phi) is 5.71. The predicted octanol–water partition coefficient (Wildman–Crippen LogP) is 1.88. The smallest absolute Gasteiger partial charge is 0.239 e. The lowest BCUT2D eigenvalue weighted by molar-refractivity contribution is 0.267. The van der Waals surface area contributed by atoms with Crippen molar-refractivity contribution in [1.29, 1.82) is 0 Å². The van der Waals surface area contributed by atoms with Crippen molar-refractivity contribution < 1.29 is 9.84 Å². The van der Waals surface area contributed by atoms with Gasteiger partial charge in [0.2, 0.25) is 5.88 Å². The van der Waals surface area contributed by atoms with Crippen molar-refractivity contribution in [1.82, 2.24) is 4.98 Å². The van der Waals surface area contributed by atoms with Gasteiger partial charge in [-0.1, -0.05) is 13.8 Å². The molecule has 0 amide bonds. The summed E-state index contributed by atoms with van der Waals surface area (Å²) in [6.45, 7) is 6.79. The Balaban J connectivity index is 2.79. The zero-order chi connectivity index (χ0) is 13.5. The standard InChI is InChI=1S/C13H23N3O2/c1-4-18-13-10(14)5-6-12(16-13)15-11(7-8-17)9(2)3/h5-6,9,11,17H,4,7-8,14H2,1-3H3,(H,15,16). The summed E-state index contributed by atoms with van der Waals surface area (Å²) in [5, 5.41) is 12.3. The van der Waals surface area contributed by atoms with Gasteiger partial charge < -0.3 is 20.9 Å². The van der Waals surface area contributed by atoms with Crippen LogP contribution in [0.4, 0.5) is 11.5 Å². The number of ether oxygens (including phenoxy) is 1. The van der Waals surface area contributed by atoms with Crippen LogP contribution in [-0.4, -0.2) is 29.3 Å². The highest BCUT2D eigenvalue weighted by Crippen LogP contribution is 2.22. The molecule has 18 heavy (non-hydrogen) atoms. The van der Waals surface area contributed by atoms with Crippen LogP contribution in [0, 0.1) is 5.92 Å². The molecule has 0 aliphatic heterocycles. The highest BCUT2D eigenvalue weighted by molar-refractivity contribution is 5.53. The molecule has 1 aromatic heterocycles. The molecule has 0 saturated heterocycles. The maximum atomic E-state index is 9.04. The quantitative estimate of drug-likeness (QED) is 0.691. The van der Waals surface area contributed by atoms with Crippen LogP contribution in [0.1, 0.15) is 27.2 Å². The van der Waals surface area contributed by atoms with E-state index in [4.69, 9.17) is 15.6 Å². The second kappa shape index (κ2) is 7.06. The number of nitrogens with zero attached hydrogens (tertiary/aromatic N) is 1. The van der Waals surface area contributed by atoms with Crippen LogP contribution in [-0.2, 0) is 0 Å². The van der Waals surface area contributed by atoms with Gasteiger partial charge in [0.05, 0.1) is 12.3 Å². The highest BCUT2D eigenvalue weighted by atomic mass is 16.5. The summed E-state index contributed by atoms with van der Waals surface area (Å²) < 4.78 is 5.35. The molecule has 4 N–H and O–H groups in total. The van der Waals surface area contributed by atoms with E-state index in [0.717, 1.165) is 5.82 Å². The van der Waals surface area contributed by atoms with E-state index in [-0.39, 0.29) is 12.6 Å². The molecule has 0 aromatic carbocycles. The van der Waals surface area contributed by atoms with Crippen LogP contribution in [0.3, 0.4) is 0 Å². The molecule has 0 spiro atoms. The van der Waals surface area contributed by atoms with Crippen molar-refractivity contribution in [2.24, 2.45) is 5.92 Å². The van der Waals surface area contributed by atoms with Gasteiger partial charge in [0.1, 0.15) is 5.82 Å². The third kappa shape index (κ3) is 4.07. The number of hydrogen-bond acceptors (Lipinski definition) is 5. The van der Waals surface area contributed by atoms with Gasteiger partial charge in [-0.05, 0) is 31.4 Å². The van der Waals surface area contributed by atoms with Crippen LogP contribution in [0.2, 0.25) is 0 Å². The van der Waals surface area contributed by atoms with E-state index >= 15 is 0 Å². The Hall–Kier alpha value is -1.49. The lowest BCUT2D eigenvalue weighted by Crippen LogP contribution is -2.27. The molecule has 102 valence electrons. The van der Waals surface area contributed by atoms with Crippen molar-refractivity contribution >= 4 is 11.5 Å². The first kappa shape index (κ1) is 14.6. The zero-order valence-corrected chi connectivity index (χ0v) is 11.3. The minimum atomic E-state index is 0.156. The Morgan fingerprint density at radius 2 is 2.17 bits per heavy atom. The van der Waals surface area contributed by atoms with E-state index in [1.807, 2.05) is 13.0 Å². The van der Waals surface area contributed by atoms with Gasteiger partial charge in [-0.2, -0.15) is 4.98 Å². The number of nitrogen functional groups attached to an aromatic ring is 1. The number of nitrogens with one attached hydrogen (secondary N) is 1. The van der Waals surface area contributed by atoms with Crippen LogP contribution in [0.15, 0.2) is 12.1 Å². The molecule has 0 fully saturated rings. The molecular formula is C13H23N3O2. The Morgan fingerprint density at radius 3 is 2.72 bits per heavy atom. The maximum Gasteiger partial charge on any atom is 0.239 e. The molecule has 5 heteroatoms. The molecular weight excluding hydrogens is 230 g/mol. The molecule has 0 aliphatic carbocycles. The number of pyridine rings is 1. The summed E-state index contributed by atoms with van der Waals surface area (Å²) >= 11 is 0. The molecule has 1 aromatic rings. The maximum absolute atomic E-state index is 9.04. The first-order valence-electron chi connectivity index (χ1n) is 6.35. The van der Waals surface area contributed by atoms with Gasteiger partial charge in [-0.15, -0.1) is 0 Å². The van der Waals surface area contributed by atoms with Gasteiger partial charge in [-0.3, -0.25) is 0 Å². The lowest BCUT2D eigenvalue weighted by atomic mass is 10.0. The molecule has 1 rings (SSSR count). The average molecular weight is 253 g/mol. The number of hydrogen-bond donors (Lipinski definition) is 3. The molecule has 0 bridgehead atoms. The minimum Gasteiger partial charge on any atom is -0.476 e. The summed E-state index contributed by atoms with van der Waals surface area (Å²) in [5.74, 6) is 1.58. The topological polar surface area (TPSA) is 80.4 Å². The van der Waals surface area contributed by atoms with Gasteiger partial charge >= 0.3 is 0 Å². The molecule has 1 unspecified atom stereocenters. The SMILES string of the molecule is CCOc1nc(NC(CCO)C(C)C)ccc1N. The third-order valence-corrected chi connectivity index (χ3v) is 2.75. The summed E-state index contributed by atoms with van der Waals surface area (Å²) in [7, 11) is 0. The number of rotatable bonds is 7. The number of aromatic nitrogens is 1. The Morgan fingerprint density at radius 1 is 1.44 bits per heavy atom. The Bertz CT molecular complexity index is 369. The number of aliphatic hydroxyl groups is 1. The normalized spacial score (nSPS) is 12.5. The number of anilines is 2. The van der Waals surface area contributed by atoms with Gasteiger partial charge in [0, 0.05) is 12.6 Å². The van der Waals surface area contributed by atoms with Crippen molar-refractivity contribution in [3.05, 3.63) is 12.1 Å². The molecule has 1 heterocycles. The van der Waals surface area contributed by atoms with Crippen LogP contribution in [0.5, 0.6) is 5.88 Å². The monoisotopic (exact) mass is 253 g/mol. The third-order valence-electron chi connectivity index (χ3n) is 2.75. The average Bonchev–Trinajstić information content (AvgIpc) is 2.33. The summed E-state index contributed by atoms with van der Waals surface area (Å²) in [4.78, 5) is 4.33. The zero-order valence-electron chi connectivity index (χ0n) is 11.3. The Labute approximate surface area is 108 Å². The van der Waals surface area contributed by atoms with Crippen LogP contribution >= 0.6 is 0 Å². The van der Waals surface area contributed by atoms with E-state index in [1.165, 1.54) is 0 Å². The van der Waals surface area contributed by atoms with Gasteiger partial charge in [0.25, 0.3) is 0 Å². The predicted molar refractivity (Wildman–Crippen MR) is 73.8 cm³/mol. The molecule has 5 nitrogen and oxygen atoms in total. The minimum absolute atomic E-state index is 0.156. The number of aliphatic hydroxyl groups excluding tert-OH is 1. The van der Waals surface area contributed by atoms with Crippen molar-refractivity contribution in [3.8, 4) is 5.88 Å². The van der Waals surface area contributed by atoms with E-state index in [9.17, 15) is 0 Å². The van der Waals surface area contributed by atoms with E-state index in [1.54, 1.807) is 6.07 Å². The van der Waals surface area contributed by atoms with E-state index in [0.29, 0.717) is 30.5 Å². The van der Waals surface area contributed by atoms with E-state index in [2.05, 4.69) is 24.1 Å². The van der Waals surface area contributed by atoms with Gasteiger partial charge in [0.15, 0.2) is 0 Å². The first-order valence-corrected chi connectivity index (χ1v) is 6.35. The second-order valence-electron chi connectivity index (χ2n) is 4.53. The lowest BCUT2D eigenvalue weighted by Gasteiger charge is -2.22.